The van der Waals surface area contributed by atoms with Crippen LogP contribution in [0.2, 0.25) is 0 Å². The smallest absolute Gasteiger partial charge is 0.136 e. The summed E-state index contributed by atoms with van der Waals surface area (Å²) < 4.78 is 6.48. The van der Waals surface area contributed by atoms with Crippen LogP contribution in [0.25, 0.3) is 0 Å². The van der Waals surface area contributed by atoms with Crippen LogP contribution >= 0.6 is 15.9 Å². The highest BCUT2D eigenvalue weighted by molar-refractivity contribution is 9.10. The van der Waals surface area contributed by atoms with Crippen LogP contribution in [0.5, 0.6) is 0 Å². The highest BCUT2D eigenvalue weighted by Gasteiger charge is 2.14. The fourth-order valence-corrected chi connectivity index (χ4v) is 2.77. The van der Waals surface area contributed by atoms with Gasteiger partial charge in [0.1, 0.15) is 17.5 Å². The van der Waals surface area contributed by atoms with Crippen molar-refractivity contribution in [1.29, 1.82) is 0 Å². The maximum atomic E-state index is 5.40. The van der Waals surface area contributed by atoms with Crippen molar-refractivity contribution in [2.75, 3.05) is 36.5 Å². The summed E-state index contributed by atoms with van der Waals surface area (Å²) in [6, 6.07) is 8.17. The molecule has 1 N–H and O–H groups in total. The molecule has 116 valence electrons. The van der Waals surface area contributed by atoms with E-state index in [4.69, 9.17) is 4.74 Å². The van der Waals surface area contributed by atoms with Crippen LogP contribution in [0.4, 0.5) is 17.3 Å². The number of anilines is 3. The molecule has 1 aliphatic rings. The minimum Gasteiger partial charge on any atom is -0.378 e. The van der Waals surface area contributed by atoms with Crippen LogP contribution in [0, 0.1) is 13.8 Å². The van der Waals surface area contributed by atoms with Gasteiger partial charge < -0.3 is 15.0 Å². The van der Waals surface area contributed by atoms with Crippen molar-refractivity contribution in [1.82, 2.24) is 9.97 Å². The Morgan fingerprint density at radius 2 is 1.91 bits per heavy atom. The predicted octanol–water partition coefficient (Wildman–Crippen LogP) is 3.44. The SMILES string of the molecule is Cc1nc(Nc2ccc(C)c(Br)c2)cc(N2CCOCC2)n1. The maximum Gasteiger partial charge on any atom is 0.136 e. The van der Waals surface area contributed by atoms with Gasteiger partial charge >= 0.3 is 0 Å². The van der Waals surface area contributed by atoms with Gasteiger partial charge in [-0.3, -0.25) is 0 Å². The number of rotatable bonds is 3. The van der Waals surface area contributed by atoms with Crippen molar-refractivity contribution < 1.29 is 4.74 Å². The number of ether oxygens (including phenoxy) is 1. The minimum atomic E-state index is 0.747. The van der Waals surface area contributed by atoms with Gasteiger partial charge in [-0.2, -0.15) is 0 Å². The molecule has 6 heteroatoms. The van der Waals surface area contributed by atoms with Gasteiger partial charge in [0.2, 0.25) is 0 Å². The van der Waals surface area contributed by atoms with Crippen LogP contribution in [0.15, 0.2) is 28.7 Å². The van der Waals surface area contributed by atoms with Crippen molar-refractivity contribution in [3.63, 3.8) is 0 Å². The molecule has 1 aromatic heterocycles. The number of aryl methyl sites for hydroxylation is 2. The second kappa shape index (κ2) is 6.62. The predicted molar refractivity (Wildman–Crippen MR) is 92.0 cm³/mol. The lowest BCUT2D eigenvalue weighted by Gasteiger charge is -2.28. The highest BCUT2D eigenvalue weighted by Crippen LogP contribution is 2.24. The van der Waals surface area contributed by atoms with E-state index < -0.39 is 0 Å². The first kappa shape index (κ1) is 15.2. The highest BCUT2D eigenvalue weighted by atomic mass is 79.9. The Hall–Kier alpha value is -1.66. The lowest BCUT2D eigenvalue weighted by Crippen LogP contribution is -2.36. The summed E-state index contributed by atoms with van der Waals surface area (Å²) in [4.78, 5) is 11.3. The zero-order valence-electron chi connectivity index (χ0n) is 12.8. The molecule has 1 fully saturated rings. The Bertz CT molecular complexity index is 671. The number of nitrogens with one attached hydrogen (secondary N) is 1. The van der Waals surface area contributed by atoms with Crippen molar-refractivity contribution in [2.45, 2.75) is 13.8 Å². The molecule has 0 aliphatic carbocycles. The molecule has 5 nitrogen and oxygen atoms in total. The number of benzene rings is 1. The average molecular weight is 363 g/mol. The Morgan fingerprint density at radius 1 is 1.14 bits per heavy atom. The van der Waals surface area contributed by atoms with Gasteiger partial charge in [0.15, 0.2) is 0 Å². The summed E-state index contributed by atoms with van der Waals surface area (Å²) in [6.45, 7) is 7.21. The molecule has 2 heterocycles. The molecule has 0 atom stereocenters. The fourth-order valence-electron chi connectivity index (χ4n) is 2.39. The summed E-state index contributed by atoms with van der Waals surface area (Å²) in [5.41, 5.74) is 2.21. The Balaban J connectivity index is 1.83. The van der Waals surface area contributed by atoms with Crippen molar-refractivity contribution >= 4 is 33.3 Å². The van der Waals surface area contributed by atoms with E-state index in [9.17, 15) is 0 Å². The van der Waals surface area contributed by atoms with Gasteiger partial charge in [-0.05, 0) is 31.5 Å². The fraction of sp³-hybridized carbons (Fsp3) is 0.375. The van der Waals surface area contributed by atoms with E-state index >= 15 is 0 Å². The van der Waals surface area contributed by atoms with Crippen molar-refractivity contribution in [2.24, 2.45) is 0 Å². The molecule has 0 unspecified atom stereocenters. The van der Waals surface area contributed by atoms with Gasteiger partial charge in [0.25, 0.3) is 0 Å². The van der Waals surface area contributed by atoms with Crippen LogP contribution < -0.4 is 10.2 Å². The lowest BCUT2D eigenvalue weighted by molar-refractivity contribution is 0.122. The molecule has 1 aromatic carbocycles. The molecular formula is C16H19BrN4O. The molecule has 1 saturated heterocycles. The number of nitrogens with zero attached hydrogens (tertiary/aromatic N) is 3. The molecule has 1 aliphatic heterocycles. The third-order valence-corrected chi connectivity index (χ3v) is 4.46. The van der Waals surface area contributed by atoms with Gasteiger partial charge in [0.05, 0.1) is 13.2 Å². The number of hydrogen-bond acceptors (Lipinski definition) is 5. The first-order chi connectivity index (χ1) is 10.6. The third kappa shape index (κ3) is 3.56. The summed E-state index contributed by atoms with van der Waals surface area (Å²) in [6.07, 6.45) is 0. The molecule has 3 rings (SSSR count). The normalized spacial score (nSPS) is 15.0. The molecule has 22 heavy (non-hydrogen) atoms. The minimum absolute atomic E-state index is 0.747. The number of morpholine rings is 1. The van der Waals surface area contributed by atoms with Crippen molar-refractivity contribution in [3.8, 4) is 0 Å². The maximum absolute atomic E-state index is 5.40. The van der Waals surface area contributed by atoms with E-state index in [-0.39, 0.29) is 0 Å². The molecule has 0 radical (unpaired) electrons. The molecule has 0 bridgehead atoms. The number of aromatic nitrogens is 2. The summed E-state index contributed by atoms with van der Waals surface area (Å²) in [5.74, 6) is 2.52. The van der Waals surface area contributed by atoms with Crippen LogP contribution in [0.1, 0.15) is 11.4 Å². The van der Waals surface area contributed by atoms with Crippen LogP contribution in [-0.4, -0.2) is 36.3 Å². The standard InChI is InChI=1S/C16H19BrN4O/c1-11-3-4-13(9-14(11)17)20-15-10-16(19-12(2)18-15)21-5-7-22-8-6-21/h3-4,9-10H,5-8H2,1-2H3,(H,18,19,20). The van der Waals surface area contributed by atoms with E-state index in [1.54, 1.807) is 0 Å². The third-order valence-electron chi connectivity index (χ3n) is 3.60. The van der Waals surface area contributed by atoms with E-state index in [1.807, 2.05) is 19.1 Å². The average Bonchev–Trinajstić information content (AvgIpc) is 2.51. The van der Waals surface area contributed by atoms with Gasteiger partial charge in [-0.1, -0.05) is 22.0 Å². The Kier molecular flexibility index (Phi) is 4.59. The summed E-state index contributed by atoms with van der Waals surface area (Å²) in [5, 5.41) is 3.35. The first-order valence-electron chi connectivity index (χ1n) is 7.33. The van der Waals surface area contributed by atoms with E-state index in [0.717, 1.165) is 53.9 Å². The molecular weight excluding hydrogens is 344 g/mol. The quantitative estimate of drug-likeness (QED) is 0.906. The van der Waals surface area contributed by atoms with Gasteiger partial charge in [-0.15, -0.1) is 0 Å². The molecule has 0 amide bonds. The monoisotopic (exact) mass is 362 g/mol. The second-order valence-corrected chi connectivity index (χ2v) is 6.20. The van der Waals surface area contributed by atoms with E-state index in [0.29, 0.717) is 0 Å². The zero-order valence-corrected chi connectivity index (χ0v) is 14.4. The zero-order chi connectivity index (χ0) is 15.5. The Labute approximate surface area is 138 Å². The summed E-state index contributed by atoms with van der Waals surface area (Å²) in [7, 11) is 0. The second-order valence-electron chi connectivity index (χ2n) is 5.35. The number of halogens is 1. The van der Waals surface area contributed by atoms with E-state index in [1.165, 1.54) is 5.56 Å². The number of hydrogen-bond donors (Lipinski definition) is 1. The summed E-state index contributed by atoms with van der Waals surface area (Å²) >= 11 is 3.56. The van der Waals surface area contributed by atoms with Crippen molar-refractivity contribution in [3.05, 3.63) is 40.1 Å². The van der Waals surface area contributed by atoms with E-state index in [2.05, 4.69) is 55.2 Å². The van der Waals surface area contributed by atoms with Gasteiger partial charge in [0, 0.05) is 29.3 Å². The molecule has 2 aromatic rings. The van der Waals surface area contributed by atoms with Gasteiger partial charge in [-0.25, -0.2) is 9.97 Å². The molecule has 0 saturated carbocycles. The van der Waals surface area contributed by atoms with Crippen LogP contribution in [0.3, 0.4) is 0 Å². The Morgan fingerprint density at radius 3 is 2.64 bits per heavy atom. The largest absolute Gasteiger partial charge is 0.378 e. The first-order valence-corrected chi connectivity index (χ1v) is 8.13. The lowest BCUT2D eigenvalue weighted by atomic mass is 10.2. The molecule has 0 spiro atoms. The topological polar surface area (TPSA) is 50.3 Å². The van der Waals surface area contributed by atoms with Crippen LogP contribution in [-0.2, 0) is 4.74 Å².